The number of rotatable bonds is 4. The van der Waals surface area contributed by atoms with E-state index in [-0.39, 0.29) is 11.8 Å². The first-order valence-corrected chi connectivity index (χ1v) is 7.01. The van der Waals surface area contributed by atoms with Crippen LogP contribution in [0.5, 0.6) is 0 Å². The minimum Gasteiger partial charge on any atom is -0.381 e. The third kappa shape index (κ3) is 3.51. The fourth-order valence-corrected chi connectivity index (χ4v) is 2.80. The van der Waals surface area contributed by atoms with Gasteiger partial charge in [0.05, 0.1) is 17.6 Å². The highest BCUT2D eigenvalue weighted by molar-refractivity contribution is 7.11. The Morgan fingerprint density at radius 1 is 1.67 bits per heavy atom. The molecule has 100 valence electrons. The first-order chi connectivity index (χ1) is 8.66. The summed E-state index contributed by atoms with van der Waals surface area (Å²) in [4.78, 5) is 17.1. The van der Waals surface area contributed by atoms with Crippen LogP contribution in [-0.2, 0) is 16.1 Å². The number of hydrogen-bond donors (Lipinski definition) is 2. The Kier molecular flexibility index (Phi) is 4.68. The van der Waals surface area contributed by atoms with Crippen LogP contribution in [0.2, 0.25) is 0 Å². The van der Waals surface area contributed by atoms with Gasteiger partial charge in [0.15, 0.2) is 0 Å². The van der Waals surface area contributed by atoms with Gasteiger partial charge < -0.3 is 15.8 Å². The van der Waals surface area contributed by atoms with Crippen molar-refractivity contribution in [3.05, 3.63) is 16.1 Å². The molecule has 3 N–H and O–H groups in total. The van der Waals surface area contributed by atoms with Crippen LogP contribution < -0.4 is 11.1 Å². The second kappa shape index (κ2) is 6.26. The zero-order valence-electron chi connectivity index (χ0n) is 10.5. The van der Waals surface area contributed by atoms with Crippen LogP contribution in [0.3, 0.4) is 0 Å². The molecule has 1 amide bonds. The lowest BCUT2D eigenvalue weighted by molar-refractivity contribution is -0.124. The molecule has 2 heterocycles. The number of aryl methyl sites for hydroxylation is 1. The average Bonchev–Trinajstić information content (AvgIpc) is 2.82. The van der Waals surface area contributed by atoms with Crippen molar-refractivity contribution in [3.63, 3.8) is 0 Å². The van der Waals surface area contributed by atoms with Crippen molar-refractivity contribution in [1.82, 2.24) is 10.3 Å². The number of aromatic nitrogens is 1. The van der Waals surface area contributed by atoms with E-state index >= 15 is 0 Å². The molecule has 1 aliphatic rings. The predicted octanol–water partition coefficient (Wildman–Crippen LogP) is 0.822. The van der Waals surface area contributed by atoms with Gasteiger partial charge in [-0.05, 0) is 25.7 Å². The SMILES string of the molecule is Cc1ncc(CNC(=O)C(N)C2CCOCC2)s1. The summed E-state index contributed by atoms with van der Waals surface area (Å²) in [6.45, 7) is 3.88. The molecule has 1 atom stereocenters. The van der Waals surface area contributed by atoms with Gasteiger partial charge in [-0.15, -0.1) is 11.3 Å². The molecule has 18 heavy (non-hydrogen) atoms. The second-order valence-electron chi connectivity index (χ2n) is 4.54. The smallest absolute Gasteiger partial charge is 0.237 e. The van der Waals surface area contributed by atoms with Gasteiger partial charge in [0.2, 0.25) is 5.91 Å². The van der Waals surface area contributed by atoms with E-state index in [1.807, 2.05) is 6.92 Å². The van der Waals surface area contributed by atoms with E-state index in [9.17, 15) is 4.79 Å². The summed E-state index contributed by atoms with van der Waals surface area (Å²) in [5.74, 6) is 0.162. The van der Waals surface area contributed by atoms with Gasteiger partial charge in [-0.3, -0.25) is 4.79 Å². The van der Waals surface area contributed by atoms with Gasteiger partial charge in [0.1, 0.15) is 0 Å². The topological polar surface area (TPSA) is 77.2 Å². The van der Waals surface area contributed by atoms with E-state index in [0.717, 1.165) is 22.7 Å². The number of nitrogens with zero attached hydrogens (tertiary/aromatic N) is 1. The Balaban J connectivity index is 1.79. The fraction of sp³-hybridized carbons (Fsp3) is 0.667. The van der Waals surface area contributed by atoms with Gasteiger partial charge >= 0.3 is 0 Å². The normalized spacial score (nSPS) is 18.6. The Morgan fingerprint density at radius 3 is 3.00 bits per heavy atom. The van der Waals surface area contributed by atoms with E-state index in [2.05, 4.69) is 10.3 Å². The number of ether oxygens (including phenoxy) is 1. The average molecular weight is 269 g/mol. The van der Waals surface area contributed by atoms with Crippen LogP contribution in [0.1, 0.15) is 22.7 Å². The highest BCUT2D eigenvalue weighted by Crippen LogP contribution is 2.18. The van der Waals surface area contributed by atoms with Crippen molar-refractivity contribution in [2.75, 3.05) is 13.2 Å². The van der Waals surface area contributed by atoms with E-state index in [0.29, 0.717) is 19.8 Å². The van der Waals surface area contributed by atoms with Crippen LogP contribution >= 0.6 is 11.3 Å². The molecule has 0 aliphatic carbocycles. The lowest BCUT2D eigenvalue weighted by atomic mass is 9.92. The highest BCUT2D eigenvalue weighted by Gasteiger charge is 2.26. The largest absolute Gasteiger partial charge is 0.381 e. The molecule has 0 spiro atoms. The van der Waals surface area contributed by atoms with Crippen molar-refractivity contribution in [1.29, 1.82) is 0 Å². The Bertz CT molecular complexity index is 402. The molecule has 5 nitrogen and oxygen atoms in total. The molecule has 0 aromatic carbocycles. The van der Waals surface area contributed by atoms with Crippen molar-refractivity contribution in [3.8, 4) is 0 Å². The van der Waals surface area contributed by atoms with Crippen LogP contribution in [0.15, 0.2) is 6.20 Å². The van der Waals surface area contributed by atoms with Crippen LogP contribution in [0, 0.1) is 12.8 Å². The Hall–Kier alpha value is -0.980. The molecule has 6 heteroatoms. The summed E-state index contributed by atoms with van der Waals surface area (Å²) >= 11 is 1.59. The van der Waals surface area contributed by atoms with E-state index in [1.54, 1.807) is 17.5 Å². The molecule has 1 saturated heterocycles. The molecular weight excluding hydrogens is 250 g/mol. The first kappa shape index (κ1) is 13.5. The standard InChI is InChI=1S/C12H19N3O2S/c1-8-14-6-10(18-8)7-15-12(16)11(13)9-2-4-17-5-3-9/h6,9,11H,2-5,7,13H2,1H3,(H,15,16). The molecule has 1 aliphatic heterocycles. The summed E-state index contributed by atoms with van der Waals surface area (Å²) in [5.41, 5.74) is 5.98. The minimum atomic E-state index is -0.428. The fourth-order valence-electron chi connectivity index (χ4n) is 2.07. The van der Waals surface area contributed by atoms with Crippen molar-refractivity contribution in [2.24, 2.45) is 11.7 Å². The number of hydrogen-bond acceptors (Lipinski definition) is 5. The van der Waals surface area contributed by atoms with Gasteiger partial charge in [-0.2, -0.15) is 0 Å². The van der Waals surface area contributed by atoms with Gasteiger partial charge in [0.25, 0.3) is 0 Å². The van der Waals surface area contributed by atoms with Gasteiger partial charge in [0, 0.05) is 24.3 Å². The lowest BCUT2D eigenvalue weighted by Crippen LogP contribution is -2.46. The number of nitrogens with one attached hydrogen (secondary N) is 1. The first-order valence-electron chi connectivity index (χ1n) is 6.19. The molecule has 1 aromatic heterocycles. The van der Waals surface area contributed by atoms with E-state index in [1.165, 1.54) is 0 Å². The van der Waals surface area contributed by atoms with Crippen LogP contribution in [-0.4, -0.2) is 30.1 Å². The summed E-state index contributed by atoms with van der Waals surface area (Å²) in [5, 5.41) is 3.88. The maximum absolute atomic E-state index is 11.9. The number of carbonyl (C=O) groups excluding carboxylic acids is 1. The molecule has 1 aromatic rings. The van der Waals surface area contributed by atoms with Crippen LogP contribution in [0.4, 0.5) is 0 Å². The Morgan fingerprint density at radius 2 is 2.39 bits per heavy atom. The predicted molar refractivity (Wildman–Crippen MR) is 70.2 cm³/mol. The zero-order chi connectivity index (χ0) is 13.0. The molecule has 1 fully saturated rings. The molecule has 2 rings (SSSR count). The summed E-state index contributed by atoms with van der Waals surface area (Å²) < 4.78 is 5.27. The van der Waals surface area contributed by atoms with E-state index < -0.39 is 6.04 Å². The minimum absolute atomic E-state index is 0.0760. The Labute approximate surface area is 111 Å². The van der Waals surface area contributed by atoms with Crippen molar-refractivity contribution in [2.45, 2.75) is 32.4 Å². The summed E-state index contributed by atoms with van der Waals surface area (Å²) in [6, 6.07) is -0.428. The summed E-state index contributed by atoms with van der Waals surface area (Å²) in [6.07, 6.45) is 3.53. The molecule has 1 unspecified atom stereocenters. The van der Waals surface area contributed by atoms with Gasteiger partial charge in [-0.25, -0.2) is 4.98 Å². The maximum atomic E-state index is 11.9. The highest BCUT2D eigenvalue weighted by atomic mass is 32.1. The third-order valence-corrected chi connectivity index (χ3v) is 4.10. The molecule has 0 bridgehead atoms. The number of nitrogens with two attached hydrogens (primary N) is 1. The molecule has 0 radical (unpaired) electrons. The lowest BCUT2D eigenvalue weighted by Gasteiger charge is -2.26. The maximum Gasteiger partial charge on any atom is 0.237 e. The second-order valence-corrected chi connectivity index (χ2v) is 5.86. The number of thiazole rings is 1. The van der Waals surface area contributed by atoms with Crippen molar-refractivity contribution < 1.29 is 9.53 Å². The van der Waals surface area contributed by atoms with E-state index in [4.69, 9.17) is 10.5 Å². The van der Waals surface area contributed by atoms with Gasteiger partial charge in [-0.1, -0.05) is 0 Å². The molecular formula is C12H19N3O2S. The van der Waals surface area contributed by atoms with Crippen LogP contribution in [0.25, 0.3) is 0 Å². The number of carbonyl (C=O) groups is 1. The monoisotopic (exact) mass is 269 g/mol. The number of amides is 1. The zero-order valence-corrected chi connectivity index (χ0v) is 11.3. The molecule has 0 saturated carbocycles. The quantitative estimate of drug-likeness (QED) is 0.848. The van der Waals surface area contributed by atoms with Crippen molar-refractivity contribution >= 4 is 17.2 Å². The summed E-state index contributed by atoms with van der Waals surface area (Å²) in [7, 11) is 0. The third-order valence-electron chi connectivity index (χ3n) is 3.18.